The van der Waals surface area contributed by atoms with Crippen LogP contribution in [0, 0.1) is 12.7 Å². The van der Waals surface area contributed by atoms with E-state index in [0.717, 1.165) is 16.9 Å². The van der Waals surface area contributed by atoms with E-state index in [-0.39, 0.29) is 5.82 Å². The molecule has 6 nitrogen and oxygen atoms in total. The minimum Gasteiger partial charge on any atom is -0.335 e. The zero-order chi connectivity index (χ0) is 19.7. The second-order valence-corrected chi connectivity index (χ2v) is 7.35. The fourth-order valence-electron chi connectivity index (χ4n) is 2.77. The van der Waals surface area contributed by atoms with Crippen LogP contribution < -0.4 is 5.84 Å². The van der Waals surface area contributed by atoms with Gasteiger partial charge in [0, 0.05) is 11.3 Å². The van der Waals surface area contributed by atoms with Gasteiger partial charge in [0.05, 0.1) is 16.9 Å². The van der Waals surface area contributed by atoms with E-state index in [1.54, 1.807) is 22.9 Å². The molecule has 0 aliphatic rings. The number of nitrogen functional groups attached to an aromatic ring is 1. The highest BCUT2D eigenvalue weighted by Crippen LogP contribution is 2.31. The third kappa shape index (κ3) is 3.36. The maximum Gasteiger partial charge on any atom is 0.210 e. The van der Waals surface area contributed by atoms with Crippen LogP contribution in [0.25, 0.3) is 17.1 Å². The molecule has 0 aliphatic heterocycles. The smallest absolute Gasteiger partial charge is 0.210 e. The van der Waals surface area contributed by atoms with Gasteiger partial charge in [-0.15, -0.1) is 10.2 Å². The molecule has 4 rings (SSSR count). The van der Waals surface area contributed by atoms with Crippen molar-refractivity contribution < 1.29 is 4.39 Å². The monoisotopic (exact) mass is 414 g/mol. The molecule has 0 saturated heterocycles. The summed E-state index contributed by atoms with van der Waals surface area (Å²) in [6.07, 6.45) is 0. The molecule has 0 spiro atoms. The second kappa shape index (κ2) is 7.65. The highest BCUT2D eigenvalue weighted by atomic mass is 35.5. The summed E-state index contributed by atoms with van der Waals surface area (Å²) in [5, 5.41) is 13.6. The lowest BCUT2D eigenvalue weighted by atomic mass is 10.2. The average molecular weight is 415 g/mol. The number of benzene rings is 2. The normalized spacial score (nSPS) is 11.1. The minimum atomic E-state index is -0.402. The summed E-state index contributed by atoms with van der Waals surface area (Å²) in [7, 11) is 0. The maximum absolute atomic E-state index is 14.0. The fourth-order valence-corrected chi connectivity index (χ4v) is 4.14. The first-order valence-electron chi connectivity index (χ1n) is 8.44. The van der Waals surface area contributed by atoms with Gasteiger partial charge >= 0.3 is 0 Å². The minimum absolute atomic E-state index is 0.267. The number of rotatable bonds is 5. The first-order chi connectivity index (χ1) is 13.6. The summed E-state index contributed by atoms with van der Waals surface area (Å²) >= 11 is 7.92. The van der Waals surface area contributed by atoms with Crippen molar-refractivity contribution in [3.8, 4) is 17.1 Å². The molecule has 0 saturated carbocycles. The van der Waals surface area contributed by atoms with Crippen molar-refractivity contribution in [2.45, 2.75) is 17.8 Å². The third-order valence-corrected chi connectivity index (χ3v) is 5.61. The van der Waals surface area contributed by atoms with Crippen molar-refractivity contribution >= 4 is 23.4 Å². The number of halogens is 2. The van der Waals surface area contributed by atoms with Crippen LogP contribution in [0.3, 0.4) is 0 Å². The van der Waals surface area contributed by atoms with E-state index in [1.165, 1.54) is 22.5 Å². The largest absolute Gasteiger partial charge is 0.335 e. The van der Waals surface area contributed by atoms with Gasteiger partial charge in [-0.3, -0.25) is 0 Å². The predicted molar refractivity (Wildman–Crippen MR) is 108 cm³/mol. The SMILES string of the molecule is Cc1nn(-c2ccccc2)c(Cl)c1CSc1nnc(-c2ccccc2F)n1N. The van der Waals surface area contributed by atoms with Gasteiger partial charge in [0.25, 0.3) is 0 Å². The number of nitrogens with zero attached hydrogens (tertiary/aromatic N) is 5. The van der Waals surface area contributed by atoms with Crippen LogP contribution in [-0.4, -0.2) is 24.7 Å². The standard InChI is InChI=1S/C19H16ClFN6S/c1-12-15(17(20)27(25-12)13-7-3-2-4-8-13)11-28-19-24-23-18(26(19)22)14-9-5-6-10-16(14)21/h2-10H,11,22H2,1H3. The summed E-state index contributed by atoms with van der Waals surface area (Å²) in [5.41, 5.74) is 2.89. The molecule has 0 unspecified atom stereocenters. The molecule has 2 aromatic heterocycles. The molecule has 28 heavy (non-hydrogen) atoms. The topological polar surface area (TPSA) is 74.5 Å². The zero-order valence-electron chi connectivity index (χ0n) is 14.9. The number of aryl methyl sites for hydroxylation is 1. The summed E-state index contributed by atoms with van der Waals surface area (Å²) in [6, 6.07) is 16.0. The van der Waals surface area contributed by atoms with Gasteiger partial charge in [0.2, 0.25) is 5.16 Å². The van der Waals surface area contributed by atoms with Crippen LogP contribution in [0.15, 0.2) is 59.8 Å². The first-order valence-corrected chi connectivity index (χ1v) is 9.80. The summed E-state index contributed by atoms with van der Waals surface area (Å²) in [5.74, 6) is 6.46. The number of nitrogens with two attached hydrogens (primary N) is 1. The molecular formula is C19H16ClFN6S. The summed E-state index contributed by atoms with van der Waals surface area (Å²) < 4.78 is 17.0. The number of hydrogen-bond acceptors (Lipinski definition) is 5. The molecule has 2 aromatic carbocycles. The van der Waals surface area contributed by atoms with Crippen molar-refractivity contribution in [1.82, 2.24) is 24.7 Å². The van der Waals surface area contributed by atoms with E-state index >= 15 is 0 Å². The molecule has 4 aromatic rings. The number of aromatic nitrogens is 5. The lowest BCUT2D eigenvalue weighted by molar-refractivity contribution is 0.629. The number of thioether (sulfide) groups is 1. The van der Waals surface area contributed by atoms with Crippen LogP contribution in [0.2, 0.25) is 5.15 Å². The van der Waals surface area contributed by atoms with E-state index in [4.69, 9.17) is 17.4 Å². The molecule has 2 heterocycles. The lowest BCUT2D eigenvalue weighted by Gasteiger charge is -2.05. The Morgan fingerprint density at radius 2 is 1.79 bits per heavy atom. The Morgan fingerprint density at radius 1 is 1.07 bits per heavy atom. The highest BCUT2D eigenvalue weighted by Gasteiger charge is 2.18. The maximum atomic E-state index is 14.0. The molecule has 0 atom stereocenters. The van der Waals surface area contributed by atoms with E-state index in [1.807, 2.05) is 37.3 Å². The fraction of sp³-hybridized carbons (Fsp3) is 0.105. The average Bonchev–Trinajstić information content (AvgIpc) is 3.21. The van der Waals surface area contributed by atoms with Crippen LogP contribution in [0.5, 0.6) is 0 Å². The Labute approximate surface area is 170 Å². The Hall–Kier alpha value is -2.84. The summed E-state index contributed by atoms with van der Waals surface area (Å²) in [4.78, 5) is 0. The van der Waals surface area contributed by atoms with E-state index < -0.39 is 5.82 Å². The van der Waals surface area contributed by atoms with Crippen molar-refractivity contribution in [3.05, 3.63) is 76.8 Å². The van der Waals surface area contributed by atoms with Crippen LogP contribution in [-0.2, 0) is 5.75 Å². The van der Waals surface area contributed by atoms with Gasteiger partial charge in [0.15, 0.2) is 5.82 Å². The van der Waals surface area contributed by atoms with Crippen molar-refractivity contribution in [2.24, 2.45) is 0 Å². The molecule has 2 N–H and O–H groups in total. The second-order valence-electron chi connectivity index (χ2n) is 6.05. The van der Waals surface area contributed by atoms with Gasteiger partial charge in [-0.1, -0.05) is 53.7 Å². The Balaban J connectivity index is 1.58. The van der Waals surface area contributed by atoms with Gasteiger partial charge in [0.1, 0.15) is 11.0 Å². The van der Waals surface area contributed by atoms with Gasteiger partial charge in [-0.05, 0) is 31.2 Å². The molecule has 142 valence electrons. The highest BCUT2D eigenvalue weighted by molar-refractivity contribution is 7.98. The van der Waals surface area contributed by atoms with E-state index in [9.17, 15) is 4.39 Å². The van der Waals surface area contributed by atoms with E-state index in [2.05, 4.69) is 15.3 Å². The van der Waals surface area contributed by atoms with Crippen LogP contribution in [0.4, 0.5) is 4.39 Å². The quantitative estimate of drug-likeness (QED) is 0.390. The van der Waals surface area contributed by atoms with E-state index in [0.29, 0.717) is 21.6 Å². The number of hydrogen-bond donors (Lipinski definition) is 1. The number of para-hydroxylation sites is 1. The zero-order valence-corrected chi connectivity index (χ0v) is 16.5. The Bertz CT molecular complexity index is 1120. The lowest BCUT2D eigenvalue weighted by Crippen LogP contribution is -2.12. The molecular weight excluding hydrogens is 399 g/mol. The summed E-state index contributed by atoms with van der Waals surface area (Å²) in [6.45, 7) is 1.90. The Morgan fingerprint density at radius 3 is 2.54 bits per heavy atom. The van der Waals surface area contributed by atoms with Crippen molar-refractivity contribution in [2.75, 3.05) is 5.84 Å². The van der Waals surface area contributed by atoms with Gasteiger partial charge in [-0.25, -0.2) is 13.7 Å². The van der Waals surface area contributed by atoms with Crippen molar-refractivity contribution in [3.63, 3.8) is 0 Å². The molecule has 0 amide bonds. The van der Waals surface area contributed by atoms with Crippen molar-refractivity contribution in [1.29, 1.82) is 0 Å². The van der Waals surface area contributed by atoms with Gasteiger partial charge < -0.3 is 5.84 Å². The molecule has 0 aliphatic carbocycles. The first kappa shape index (κ1) is 18.5. The molecule has 0 fully saturated rings. The third-order valence-electron chi connectivity index (χ3n) is 4.25. The molecule has 9 heteroatoms. The molecule has 0 radical (unpaired) electrons. The Kier molecular flexibility index (Phi) is 5.06. The molecule has 0 bridgehead atoms. The predicted octanol–water partition coefficient (Wildman–Crippen LogP) is 4.24. The van der Waals surface area contributed by atoms with Crippen LogP contribution >= 0.6 is 23.4 Å². The van der Waals surface area contributed by atoms with Gasteiger partial charge in [-0.2, -0.15) is 5.10 Å². The van der Waals surface area contributed by atoms with Crippen LogP contribution in [0.1, 0.15) is 11.3 Å².